The first-order valence-corrected chi connectivity index (χ1v) is 7.29. The van der Waals surface area contributed by atoms with E-state index in [2.05, 4.69) is 39.5 Å². The van der Waals surface area contributed by atoms with Crippen molar-refractivity contribution in [2.24, 2.45) is 17.1 Å². The highest BCUT2D eigenvalue weighted by molar-refractivity contribution is 4.90. The van der Waals surface area contributed by atoms with Crippen molar-refractivity contribution in [1.82, 2.24) is 4.90 Å². The van der Waals surface area contributed by atoms with Gasteiger partial charge in [-0.3, -0.25) is 4.90 Å². The van der Waals surface area contributed by atoms with Gasteiger partial charge in [0.05, 0.1) is 0 Å². The quantitative estimate of drug-likeness (QED) is 0.740. The molecule has 1 rings (SSSR count). The number of rotatable bonds is 7. The number of hydrogen-bond donors (Lipinski definition) is 1. The SMILES string of the molecule is CC(C)CCN(C1CC1)C(CN)CC(C)(C)C. The van der Waals surface area contributed by atoms with Crippen LogP contribution in [0.1, 0.15) is 60.3 Å². The van der Waals surface area contributed by atoms with E-state index in [4.69, 9.17) is 5.73 Å². The van der Waals surface area contributed by atoms with Crippen molar-refractivity contribution in [3.8, 4) is 0 Å². The zero-order chi connectivity index (χ0) is 13.1. The van der Waals surface area contributed by atoms with Crippen LogP contribution in [0, 0.1) is 11.3 Å². The molecule has 0 aliphatic heterocycles. The second-order valence-electron chi connectivity index (χ2n) is 7.31. The van der Waals surface area contributed by atoms with Crippen LogP contribution in [-0.2, 0) is 0 Å². The molecule has 2 nitrogen and oxygen atoms in total. The molecule has 0 amide bonds. The molecule has 1 atom stereocenters. The number of nitrogens with two attached hydrogens (primary N) is 1. The summed E-state index contributed by atoms with van der Waals surface area (Å²) in [5, 5.41) is 0. The first-order chi connectivity index (χ1) is 7.83. The summed E-state index contributed by atoms with van der Waals surface area (Å²) in [7, 11) is 0. The maximum atomic E-state index is 6.01. The lowest BCUT2D eigenvalue weighted by Gasteiger charge is -2.35. The number of nitrogens with zero attached hydrogens (tertiary/aromatic N) is 1. The van der Waals surface area contributed by atoms with Gasteiger partial charge in [0.15, 0.2) is 0 Å². The van der Waals surface area contributed by atoms with E-state index >= 15 is 0 Å². The summed E-state index contributed by atoms with van der Waals surface area (Å²) in [5.41, 5.74) is 6.40. The van der Waals surface area contributed by atoms with E-state index in [-0.39, 0.29) is 0 Å². The zero-order valence-electron chi connectivity index (χ0n) is 12.5. The van der Waals surface area contributed by atoms with E-state index < -0.39 is 0 Å². The van der Waals surface area contributed by atoms with E-state index in [0.717, 1.165) is 18.5 Å². The Morgan fingerprint density at radius 1 is 1.24 bits per heavy atom. The largest absolute Gasteiger partial charge is 0.329 e. The second-order valence-corrected chi connectivity index (χ2v) is 7.31. The van der Waals surface area contributed by atoms with Crippen LogP contribution in [0.25, 0.3) is 0 Å². The second kappa shape index (κ2) is 6.19. The Hall–Kier alpha value is -0.0800. The van der Waals surface area contributed by atoms with Gasteiger partial charge in [0, 0.05) is 18.6 Å². The lowest BCUT2D eigenvalue weighted by Crippen LogP contribution is -2.45. The van der Waals surface area contributed by atoms with Gasteiger partial charge in [0.2, 0.25) is 0 Å². The summed E-state index contributed by atoms with van der Waals surface area (Å²) in [6.45, 7) is 13.6. The molecule has 0 aromatic carbocycles. The van der Waals surface area contributed by atoms with Crippen molar-refractivity contribution in [3.63, 3.8) is 0 Å². The highest BCUT2D eigenvalue weighted by Gasteiger charge is 2.34. The van der Waals surface area contributed by atoms with E-state index in [0.29, 0.717) is 11.5 Å². The summed E-state index contributed by atoms with van der Waals surface area (Å²) in [4.78, 5) is 2.70. The molecule has 1 unspecified atom stereocenters. The van der Waals surface area contributed by atoms with Gasteiger partial charge in [-0.2, -0.15) is 0 Å². The molecule has 1 fully saturated rings. The van der Waals surface area contributed by atoms with Crippen molar-refractivity contribution in [1.29, 1.82) is 0 Å². The van der Waals surface area contributed by atoms with Crippen molar-refractivity contribution < 1.29 is 0 Å². The van der Waals surface area contributed by atoms with Crippen molar-refractivity contribution in [2.75, 3.05) is 13.1 Å². The molecular formula is C15H32N2. The Kier molecular flexibility index (Phi) is 5.46. The van der Waals surface area contributed by atoms with Crippen molar-refractivity contribution in [3.05, 3.63) is 0 Å². The molecule has 0 aromatic heterocycles. The third kappa shape index (κ3) is 5.87. The highest BCUT2D eigenvalue weighted by atomic mass is 15.2. The van der Waals surface area contributed by atoms with E-state index in [1.54, 1.807) is 0 Å². The minimum atomic E-state index is 0.384. The molecule has 0 radical (unpaired) electrons. The molecule has 0 bridgehead atoms. The Balaban J connectivity index is 2.53. The third-order valence-corrected chi connectivity index (χ3v) is 3.57. The van der Waals surface area contributed by atoms with Crippen molar-refractivity contribution >= 4 is 0 Å². The summed E-state index contributed by atoms with van der Waals surface area (Å²) in [6.07, 6.45) is 5.30. The Morgan fingerprint density at radius 2 is 1.82 bits per heavy atom. The average Bonchev–Trinajstić information content (AvgIpc) is 2.98. The molecular weight excluding hydrogens is 208 g/mol. The fraction of sp³-hybridized carbons (Fsp3) is 1.00. The molecule has 1 saturated carbocycles. The van der Waals surface area contributed by atoms with Crippen LogP contribution in [0.5, 0.6) is 0 Å². The van der Waals surface area contributed by atoms with Gasteiger partial charge in [-0.1, -0.05) is 34.6 Å². The van der Waals surface area contributed by atoms with Gasteiger partial charge in [0.25, 0.3) is 0 Å². The summed E-state index contributed by atoms with van der Waals surface area (Å²) >= 11 is 0. The van der Waals surface area contributed by atoms with Gasteiger partial charge >= 0.3 is 0 Å². The van der Waals surface area contributed by atoms with Crippen LogP contribution in [-0.4, -0.2) is 30.1 Å². The molecule has 0 aromatic rings. The smallest absolute Gasteiger partial charge is 0.0226 e. The van der Waals surface area contributed by atoms with Gasteiger partial charge in [-0.25, -0.2) is 0 Å². The van der Waals surface area contributed by atoms with Crippen LogP contribution in [0.2, 0.25) is 0 Å². The van der Waals surface area contributed by atoms with Crippen LogP contribution >= 0.6 is 0 Å². The van der Waals surface area contributed by atoms with E-state index in [1.165, 1.54) is 32.2 Å². The Morgan fingerprint density at radius 3 is 2.18 bits per heavy atom. The zero-order valence-corrected chi connectivity index (χ0v) is 12.5. The van der Waals surface area contributed by atoms with Crippen LogP contribution in [0.15, 0.2) is 0 Å². The van der Waals surface area contributed by atoms with E-state index in [9.17, 15) is 0 Å². The van der Waals surface area contributed by atoms with E-state index in [1.807, 2.05) is 0 Å². The first kappa shape index (κ1) is 15.0. The van der Waals surface area contributed by atoms with Crippen LogP contribution < -0.4 is 5.73 Å². The summed E-state index contributed by atoms with van der Waals surface area (Å²) in [6, 6.07) is 1.42. The van der Waals surface area contributed by atoms with Gasteiger partial charge in [0.1, 0.15) is 0 Å². The fourth-order valence-corrected chi connectivity index (χ4v) is 2.52. The molecule has 1 aliphatic rings. The Labute approximate surface area is 108 Å². The predicted molar refractivity (Wildman–Crippen MR) is 76.1 cm³/mol. The maximum absolute atomic E-state index is 6.01. The lowest BCUT2D eigenvalue weighted by molar-refractivity contribution is 0.138. The van der Waals surface area contributed by atoms with Gasteiger partial charge in [-0.05, 0) is 43.6 Å². The van der Waals surface area contributed by atoms with Crippen LogP contribution in [0.3, 0.4) is 0 Å². The molecule has 0 heterocycles. The maximum Gasteiger partial charge on any atom is 0.0226 e. The fourth-order valence-electron chi connectivity index (χ4n) is 2.52. The highest BCUT2D eigenvalue weighted by Crippen LogP contribution is 2.32. The molecule has 0 saturated heterocycles. The van der Waals surface area contributed by atoms with Crippen LogP contribution in [0.4, 0.5) is 0 Å². The molecule has 1 aliphatic carbocycles. The molecule has 17 heavy (non-hydrogen) atoms. The predicted octanol–water partition coefficient (Wildman–Crippen LogP) is 3.26. The molecule has 2 heteroatoms. The van der Waals surface area contributed by atoms with Gasteiger partial charge in [-0.15, -0.1) is 0 Å². The minimum Gasteiger partial charge on any atom is -0.329 e. The summed E-state index contributed by atoms with van der Waals surface area (Å²) in [5.74, 6) is 0.796. The molecule has 2 N–H and O–H groups in total. The molecule has 0 spiro atoms. The monoisotopic (exact) mass is 240 g/mol. The third-order valence-electron chi connectivity index (χ3n) is 3.57. The standard InChI is InChI=1S/C15H32N2/c1-12(2)8-9-17(13-6-7-13)14(11-16)10-15(3,4)5/h12-14H,6-11,16H2,1-5H3. The van der Waals surface area contributed by atoms with Crippen molar-refractivity contribution in [2.45, 2.75) is 72.4 Å². The normalized spacial score (nSPS) is 19.1. The molecule has 102 valence electrons. The lowest BCUT2D eigenvalue weighted by atomic mass is 9.87. The Bertz CT molecular complexity index is 213. The van der Waals surface area contributed by atoms with Gasteiger partial charge < -0.3 is 5.73 Å². The number of hydrogen-bond acceptors (Lipinski definition) is 2. The minimum absolute atomic E-state index is 0.384. The summed E-state index contributed by atoms with van der Waals surface area (Å²) < 4.78 is 0. The average molecular weight is 240 g/mol. The topological polar surface area (TPSA) is 29.3 Å². The first-order valence-electron chi connectivity index (χ1n) is 7.29.